The molecule has 2 aliphatic heterocycles. The Kier molecular flexibility index (Phi) is 6.45. The van der Waals surface area contributed by atoms with Crippen molar-refractivity contribution >= 4 is 17.3 Å². The Balaban J connectivity index is 1.53. The molecule has 2 saturated heterocycles. The van der Waals surface area contributed by atoms with Gasteiger partial charge < -0.3 is 15.0 Å². The number of aromatic nitrogens is 1. The third-order valence-electron chi connectivity index (χ3n) is 4.57. The normalized spacial score (nSPS) is 23.0. The minimum absolute atomic E-state index is 0.672. The van der Waals surface area contributed by atoms with Gasteiger partial charge in [0, 0.05) is 50.3 Å². The standard InChI is InChI=1S/C17H29N5OS/c1-3-18-17(20-11-16-19-10-14(2)24-16)22-5-4-15(13-22)12-21-6-8-23-9-7-21/h10,15H,3-9,11-13H2,1-2H3,(H,18,20). The van der Waals surface area contributed by atoms with Crippen LogP contribution in [0.1, 0.15) is 23.2 Å². The molecule has 0 aromatic carbocycles. The van der Waals surface area contributed by atoms with Crippen molar-refractivity contribution in [1.29, 1.82) is 0 Å². The summed E-state index contributed by atoms with van der Waals surface area (Å²) in [6.45, 7) is 13.1. The number of aliphatic imine (C=N–C) groups is 1. The predicted molar refractivity (Wildman–Crippen MR) is 98.6 cm³/mol. The summed E-state index contributed by atoms with van der Waals surface area (Å²) >= 11 is 1.73. The average Bonchev–Trinajstić information content (AvgIpc) is 3.22. The largest absolute Gasteiger partial charge is 0.379 e. The summed E-state index contributed by atoms with van der Waals surface area (Å²) in [6.07, 6.45) is 3.18. The van der Waals surface area contributed by atoms with Crippen molar-refractivity contribution in [1.82, 2.24) is 20.1 Å². The first-order valence-electron chi connectivity index (χ1n) is 8.99. The minimum Gasteiger partial charge on any atom is -0.379 e. The number of guanidine groups is 1. The number of hydrogen-bond donors (Lipinski definition) is 1. The molecule has 1 N–H and O–H groups in total. The monoisotopic (exact) mass is 351 g/mol. The maximum Gasteiger partial charge on any atom is 0.194 e. The van der Waals surface area contributed by atoms with E-state index in [1.165, 1.54) is 17.8 Å². The summed E-state index contributed by atoms with van der Waals surface area (Å²) in [7, 11) is 0. The maximum atomic E-state index is 5.45. The molecule has 24 heavy (non-hydrogen) atoms. The Morgan fingerprint density at radius 3 is 2.96 bits per heavy atom. The lowest BCUT2D eigenvalue weighted by Crippen LogP contribution is -2.42. The number of rotatable bonds is 5. The van der Waals surface area contributed by atoms with Gasteiger partial charge in [0.2, 0.25) is 0 Å². The van der Waals surface area contributed by atoms with Crippen molar-refractivity contribution in [3.63, 3.8) is 0 Å². The molecule has 2 fully saturated rings. The first-order chi connectivity index (χ1) is 11.7. The van der Waals surface area contributed by atoms with Crippen molar-refractivity contribution in [3.05, 3.63) is 16.1 Å². The maximum absolute atomic E-state index is 5.45. The first kappa shape index (κ1) is 17.6. The Hall–Kier alpha value is -1.18. The van der Waals surface area contributed by atoms with Gasteiger partial charge in [-0.15, -0.1) is 11.3 Å². The molecule has 1 aromatic rings. The van der Waals surface area contributed by atoms with E-state index < -0.39 is 0 Å². The lowest BCUT2D eigenvalue weighted by atomic mass is 10.1. The molecule has 1 unspecified atom stereocenters. The van der Waals surface area contributed by atoms with Crippen molar-refractivity contribution in [2.75, 3.05) is 52.5 Å². The molecule has 0 radical (unpaired) electrons. The summed E-state index contributed by atoms with van der Waals surface area (Å²) in [5.41, 5.74) is 0. The van der Waals surface area contributed by atoms with E-state index in [2.05, 4.69) is 33.9 Å². The molecule has 1 aromatic heterocycles. The van der Waals surface area contributed by atoms with Crippen LogP contribution in [0.3, 0.4) is 0 Å². The van der Waals surface area contributed by atoms with Gasteiger partial charge in [0.05, 0.1) is 19.8 Å². The SMILES string of the molecule is CCNC(=NCc1ncc(C)s1)N1CCC(CN2CCOCC2)C1. The third kappa shape index (κ3) is 4.91. The number of thiazole rings is 1. The smallest absolute Gasteiger partial charge is 0.194 e. The summed E-state index contributed by atoms with van der Waals surface area (Å²) in [4.78, 5) is 15.4. The van der Waals surface area contributed by atoms with Gasteiger partial charge in [-0.05, 0) is 26.2 Å². The van der Waals surface area contributed by atoms with Gasteiger partial charge in [0.25, 0.3) is 0 Å². The summed E-state index contributed by atoms with van der Waals surface area (Å²) < 4.78 is 5.45. The van der Waals surface area contributed by atoms with Crippen LogP contribution in [0.5, 0.6) is 0 Å². The van der Waals surface area contributed by atoms with Crippen LogP contribution < -0.4 is 5.32 Å². The molecule has 3 heterocycles. The highest BCUT2D eigenvalue weighted by molar-refractivity contribution is 7.11. The molecular formula is C17H29N5OS. The van der Waals surface area contributed by atoms with Gasteiger partial charge in [-0.2, -0.15) is 0 Å². The van der Waals surface area contributed by atoms with Crippen molar-refractivity contribution < 1.29 is 4.74 Å². The van der Waals surface area contributed by atoms with Gasteiger partial charge in [0.1, 0.15) is 5.01 Å². The zero-order valence-corrected chi connectivity index (χ0v) is 15.6. The van der Waals surface area contributed by atoms with Crippen LogP contribution >= 0.6 is 11.3 Å². The molecule has 0 spiro atoms. The van der Waals surface area contributed by atoms with Gasteiger partial charge in [0.15, 0.2) is 5.96 Å². The molecule has 0 amide bonds. The molecule has 0 saturated carbocycles. The van der Waals surface area contributed by atoms with Crippen LogP contribution in [-0.4, -0.2) is 73.2 Å². The Labute approximate surface area is 148 Å². The van der Waals surface area contributed by atoms with Crippen LogP contribution in [0.15, 0.2) is 11.2 Å². The van der Waals surface area contributed by atoms with Crippen molar-refractivity contribution in [2.24, 2.45) is 10.9 Å². The van der Waals surface area contributed by atoms with Crippen LogP contribution in [0, 0.1) is 12.8 Å². The zero-order chi connectivity index (χ0) is 16.8. The fourth-order valence-corrected chi connectivity index (χ4v) is 4.08. The number of hydrogen-bond acceptors (Lipinski definition) is 5. The molecule has 0 bridgehead atoms. The molecule has 2 aliphatic rings. The fourth-order valence-electron chi connectivity index (χ4n) is 3.37. The Bertz CT molecular complexity index is 541. The summed E-state index contributed by atoms with van der Waals surface area (Å²) in [5.74, 6) is 1.77. The summed E-state index contributed by atoms with van der Waals surface area (Å²) in [6, 6.07) is 0. The van der Waals surface area contributed by atoms with Crippen LogP contribution in [-0.2, 0) is 11.3 Å². The van der Waals surface area contributed by atoms with E-state index in [9.17, 15) is 0 Å². The molecule has 6 nitrogen and oxygen atoms in total. The quantitative estimate of drug-likeness (QED) is 0.645. The number of ether oxygens (including phenoxy) is 1. The number of likely N-dealkylation sites (tertiary alicyclic amines) is 1. The molecule has 1 atom stereocenters. The molecular weight excluding hydrogens is 322 g/mol. The van der Waals surface area contributed by atoms with E-state index in [1.54, 1.807) is 11.3 Å². The molecule has 3 rings (SSSR count). The molecule has 0 aliphatic carbocycles. The zero-order valence-electron chi connectivity index (χ0n) is 14.8. The number of nitrogens with zero attached hydrogens (tertiary/aromatic N) is 4. The number of aryl methyl sites for hydroxylation is 1. The van der Waals surface area contributed by atoms with Gasteiger partial charge in [-0.1, -0.05) is 0 Å². The van der Waals surface area contributed by atoms with Crippen LogP contribution in [0.25, 0.3) is 0 Å². The van der Waals surface area contributed by atoms with Gasteiger partial charge in [-0.3, -0.25) is 4.90 Å². The average molecular weight is 352 g/mol. The Morgan fingerprint density at radius 1 is 1.42 bits per heavy atom. The highest BCUT2D eigenvalue weighted by Crippen LogP contribution is 2.19. The molecule has 134 valence electrons. The van der Waals surface area contributed by atoms with E-state index in [1.807, 2.05) is 6.20 Å². The summed E-state index contributed by atoms with van der Waals surface area (Å²) in [5, 5.41) is 4.53. The van der Waals surface area contributed by atoms with Crippen LogP contribution in [0.2, 0.25) is 0 Å². The lowest BCUT2D eigenvalue weighted by molar-refractivity contribution is 0.0315. The number of nitrogens with one attached hydrogen (secondary N) is 1. The van der Waals surface area contributed by atoms with Crippen LogP contribution in [0.4, 0.5) is 0 Å². The topological polar surface area (TPSA) is 53.0 Å². The number of morpholine rings is 1. The minimum atomic E-state index is 0.672. The van der Waals surface area contributed by atoms with Gasteiger partial charge in [-0.25, -0.2) is 9.98 Å². The lowest BCUT2D eigenvalue weighted by Gasteiger charge is -2.29. The first-order valence-corrected chi connectivity index (χ1v) is 9.81. The van der Waals surface area contributed by atoms with E-state index in [4.69, 9.17) is 9.73 Å². The second kappa shape index (κ2) is 8.78. The van der Waals surface area contributed by atoms with Gasteiger partial charge >= 0.3 is 0 Å². The highest BCUT2D eigenvalue weighted by atomic mass is 32.1. The van der Waals surface area contributed by atoms with Crippen molar-refractivity contribution in [3.8, 4) is 0 Å². The second-order valence-corrected chi connectivity index (χ2v) is 7.87. The van der Waals surface area contributed by atoms with E-state index >= 15 is 0 Å². The van der Waals surface area contributed by atoms with E-state index in [0.717, 1.165) is 62.8 Å². The van der Waals surface area contributed by atoms with E-state index in [-0.39, 0.29) is 0 Å². The fraction of sp³-hybridized carbons (Fsp3) is 0.765. The third-order valence-corrected chi connectivity index (χ3v) is 5.47. The highest BCUT2D eigenvalue weighted by Gasteiger charge is 2.27. The predicted octanol–water partition coefficient (Wildman–Crippen LogP) is 1.57. The van der Waals surface area contributed by atoms with E-state index in [0.29, 0.717) is 6.54 Å². The second-order valence-electron chi connectivity index (χ2n) is 6.55. The Morgan fingerprint density at radius 2 is 2.25 bits per heavy atom. The molecule has 7 heteroatoms. The van der Waals surface area contributed by atoms with Crippen molar-refractivity contribution in [2.45, 2.75) is 26.8 Å².